The van der Waals surface area contributed by atoms with E-state index in [0.717, 1.165) is 30.7 Å². The largest absolute Gasteiger partial charge is 0.382 e. The first-order valence-corrected chi connectivity index (χ1v) is 7.71. The first kappa shape index (κ1) is 16.4. The van der Waals surface area contributed by atoms with Crippen molar-refractivity contribution in [1.29, 1.82) is 0 Å². The molecule has 1 aromatic rings. The maximum absolute atomic E-state index is 5.27. The molecular formula is C14H21BrN2OS. The molecule has 1 aromatic carbocycles. The molecule has 106 valence electrons. The van der Waals surface area contributed by atoms with Gasteiger partial charge in [-0.2, -0.15) is 0 Å². The fourth-order valence-corrected chi connectivity index (χ4v) is 2.15. The second-order valence-corrected chi connectivity index (χ2v) is 5.55. The number of thiocarbonyl (C=S) groups is 1. The van der Waals surface area contributed by atoms with Crippen LogP contribution in [0.4, 0.5) is 0 Å². The average molecular weight is 345 g/mol. The summed E-state index contributed by atoms with van der Waals surface area (Å²) in [6, 6.07) is 8.43. The van der Waals surface area contributed by atoms with E-state index in [2.05, 4.69) is 45.6 Å². The summed E-state index contributed by atoms with van der Waals surface area (Å²) in [4.78, 5) is 0. The molecule has 5 heteroatoms. The van der Waals surface area contributed by atoms with Gasteiger partial charge in [-0.3, -0.25) is 0 Å². The highest BCUT2D eigenvalue weighted by Gasteiger charge is 2.06. The lowest BCUT2D eigenvalue weighted by atomic mass is 10.1. The predicted molar refractivity (Wildman–Crippen MR) is 87.4 cm³/mol. The summed E-state index contributed by atoms with van der Waals surface area (Å²) in [5, 5.41) is 7.14. The van der Waals surface area contributed by atoms with E-state index in [-0.39, 0.29) is 6.04 Å². The van der Waals surface area contributed by atoms with Crippen LogP contribution >= 0.6 is 28.1 Å². The van der Waals surface area contributed by atoms with E-state index in [0.29, 0.717) is 5.11 Å². The minimum Gasteiger partial charge on any atom is -0.382 e. The van der Waals surface area contributed by atoms with Crippen LogP contribution in [0.3, 0.4) is 0 Å². The Labute approximate surface area is 129 Å². The first-order chi connectivity index (χ1) is 9.13. The van der Waals surface area contributed by atoms with Gasteiger partial charge in [-0.1, -0.05) is 28.1 Å². The van der Waals surface area contributed by atoms with Crippen molar-refractivity contribution in [2.45, 2.75) is 26.3 Å². The molecule has 1 atom stereocenters. The van der Waals surface area contributed by atoms with Gasteiger partial charge in [-0.05, 0) is 50.2 Å². The molecule has 0 aliphatic rings. The number of halogens is 1. The van der Waals surface area contributed by atoms with Gasteiger partial charge >= 0.3 is 0 Å². The van der Waals surface area contributed by atoms with Gasteiger partial charge in [0.2, 0.25) is 0 Å². The minimum atomic E-state index is 0.194. The average Bonchev–Trinajstić information content (AvgIpc) is 2.39. The van der Waals surface area contributed by atoms with Gasteiger partial charge in [0.15, 0.2) is 5.11 Å². The highest BCUT2D eigenvalue weighted by Crippen LogP contribution is 2.16. The molecule has 0 aliphatic carbocycles. The van der Waals surface area contributed by atoms with Crippen LogP contribution in [-0.2, 0) is 4.74 Å². The topological polar surface area (TPSA) is 33.3 Å². The quantitative estimate of drug-likeness (QED) is 0.586. The van der Waals surface area contributed by atoms with Gasteiger partial charge in [-0.25, -0.2) is 0 Å². The summed E-state index contributed by atoms with van der Waals surface area (Å²) < 4.78 is 6.35. The number of benzene rings is 1. The van der Waals surface area contributed by atoms with Crippen molar-refractivity contribution >= 4 is 33.3 Å². The summed E-state index contributed by atoms with van der Waals surface area (Å²) >= 11 is 8.69. The Morgan fingerprint density at radius 1 is 1.37 bits per heavy atom. The van der Waals surface area contributed by atoms with Gasteiger partial charge in [0.05, 0.1) is 6.04 Å². The number of nitrogens with one attached hydrogen (secondary N) is 2. The van der Waals surface area contributed by atoms with E-state index in [1.807, 2.05) is 19.1 Å². The predicted octanol–water partition coefficient (Wildman–Crippen LogP) is 3.40. The fraction of sp³-hybridized carbons (Fsp3) is 0.500. The Balaban J connectivity index is 2.26. The van der Waals surface area contributed by atoms with E-state index < -0.39 is 0 Å². The van der Waals surface area contributed by atoms with Crippen molar-refractivity contribution in [2.75, 3.05) is 19.8 Å². The Morgan fingerprint density at radius 3 is 2.68 bits per heavy atom. The minimum absolute atomic E-state index is 0.194. The molecule has 2 N–H and O–H groups in total. The zero-order chi connectivity index (χ0) is 14.1. The normalized spacial score (nSPS) is 11.9. The molecule has 0 aliphatic heterocycles. The van der Waals surface area contributed by atoms with Crippen molar-refractivity contribution in [3.63, 3.8) is 0 Å². The number of rotatable bonds is 7. The molecule has 0 fully saturated rings. The zero-order valence-corrected chi connectivity index (χ0v) is 13.8. The molecule has 0 radical (unpaired) electrons. The molecule has 0 aromatic heterocycles. The molecule has 0 spiro atoms. The van der Waals surface area contributed by atoms with Crippen LogP contribution in [0.5, 0.6) is 0 Å². The maximum Gasteiger partial charge on any atom is 0.166 e. The molecule has 0 saturated carbocycles. The SMILES string of the molecule is CCOCCCNC(=S)NC(C)c1ccc(Br)cc1. The molecular weight excluding hydrogens is 324 g/mol. The number of ether oxygens (including phenoxy) is 1. The van der Waals surface area contributed by atoms with E-state index in [1.54, 1.807) is 0 Å². The Kier molecular flexibility index (Phi) is 8.02. The lowest BCUT2D eigenvalue weighted by molar-refractivity contribution is 0.145. The molecule has 1 rings (SSSR count). The second-order valence-electron chi connectivity index (χ2n) is 4.22. The van der Waals surface area contributed by atoms with Crippen LogP contribution in [0.2, 0.25) is 0 Å². The Morgan fingerprint density at radius 2 is 2.05 bits per heavy atom. The van der Waals surface area contributed by atoms with Crippen molar-refractivity contribution < 1.29 is 4.74 Å². The van der Waals surface area contributed by atoms with Crippen LogP contribution in [0, 0.1) is 0 Å². The van der Waals surface area contributed by atoms with Gasteiger partial charge in [0.1, 0.15) is 0 Å². The van der Waals surface area contributed by atoms with Gasteiger partial charge in [0, 0.05) is 24.2 Å². The summed E-state index contributed by atoms with van der Waals surface area (Å²) in [5.41, 5.74) is 1.21. The summed E-state index contributed by atoms with van der Waals surface area (Å²) in [7, 11) is 0. The zero-order valence-electron chi connectivity index (χ0n) is 11.4. The molecule has 0 heterocycles. The second kappa shape index (κ2) is 9.28. The monoisotopic (exact) mass is 344 g/mol. The molecule has 19 heavy (non-hydrogen) atoms. The summed E-state index contributed by atoms with van der Waals surface area (Å²) in [6.07, 6.45) is 0.961. The summed E-state index contributed by atoms with van der Waals surface area (Å²) in [5.74, 6) is 0. The third-order valence-corrected chi connectivity index (χ3v) is 3.46. The number of hydrogen-bond donors (Lipinski definition) is 2. The smallest absolute Gasteiger partial charge is 0.166 e. The van der Waals surface area contributed by atoms with Crippen molar-refractivity contribution in [3.8, 4) is 0 Å². The van der Waals surface area contributed by atoms with Gasteiger partial charge in [0.25, 0.3) is 0 Å². The Hall–Kier alpha value is -0.650. The molecule has 0 amide bonds. The van der Waals surface area contributed by atoms with Crippen LogP contribution in [-0.4, -0.2) is 24.9 Å². The lowest BCUT2D eigenvalue weighted by Gasteiger charge is -2.17. The molecule has 0 bridgehead atoms. The van der Waals surface area contributed by atoms with Crippen molar-refractivity contribution in [3.05, 3.63) is 34.3 Å². The highest BCUT2D eigenvalue weighted by atomic mass is 79.9. The van der Waals surface area contributed by atoms with Crippen LogP contribution in [0.25, 0.3) is 0 Å². The summed E-state index contributed by atoms with van der Waals surface area (Å²) in [6.45, 7) is 6.47. The van der Waals surface area contributed by atoms with Gasteiger partial charge in [-0.15, -0.1) is 0 Å². The van der Waals surface area contributed by atoms with Gasteiger partial charge < -0.3 is 15.4 Å². The van der Waals surface area contributed by atoms with E-state index in [4.69, 9.17) is 17.0 Å². The molecule has 1 unspecified atom stereocenters. The standard InChI is InChI=1S/C14H21BrN2OS/c1-3-18-10-4-9-16-14(19)17-11(2)12-5-7-13(15)8-6-12/h5-8,11H,3-4,9-10H2,1-2H3,(H2,16,17,19). The maximum atomic E-state index is 5.27. The van der Waals surface area contributed by atoms with E-state index >= 15 is 0 Å². The molecule has 0 saturated heterocycles. The van der Waals surface area contributed by atoms with Crippen LogP contribution in [0.15, 0.2) is 28.7 Å². The number of hydrogen-bond acceptors (Lipinski definition) is 2. The van der Waals surface area contributed by atoms with Crippen molar-refractivity contribution in [1.82, 2.24) is 10.6 Å². The fourth-order valence-electron chi connectivity index (χ4n) is 1.60. The van der Waals surface area contributed by atoms with E-state index in [1.165, 1.54) is 5.56 Å². The third-order valence-electron chi connectivity index (χ3n) is 2.67. The first-order valence-electron chi connectivity index (χ1n) is 6.51. The van der Waals surface area contributed by atoms with Crippen LogP contribution < -0.4 is 10.6 Å². The lowest BCUT2D eigenvalue weighted by Crippen LogP contribution is -2.37. The van der Waals surface area contributed by atoms with Crippen LogP contribution in [0.1, 0.15) is 31.9 Å². The third kappa shape index (κ3) is 6.89. The van der Waals surface area contributed by atoms with E-state index in [9.17, 15) is 0 Å². The molecule has 3 nitrogen and oxygen atoms in total. The Bertz CT molecular complexity index is 384. The van der Waals surface area contributed by atoms with Crippen molar-refractivity contribution in [2.24, 2.45) is 0 Å². The highest BCUT2D eigenvalue weighted by molar-refractivity contribution is 9.10.